The summed E-state index contributed by atoms with van der Waals surface area (Å²) in [6.07, 6.45) is 0. The maximum Gasteiger partial charge on any atom is 0.257 e. The number of benzene rings is 1. The molecule has 16 heavy (non-hydrogen) atoms. The molecular formula is C11H16N2O3. The van der Waals surface area contributed by atoms with Crippen molar-refractivity contribution >= 4 is 5.91 Å². The second kappa shape index (κ2) is 6.68. The average molecular weight is 224 g/mol. The summed E-state index contributed by atoms with van der Waals surface area (Å²) in [7, 11) is 1.59. The van der Waals surface area contributed by atoms with Crippen molar-refractivity contribution < 1.29 is 14.3 Å². The topological polar surface area (TPSA) is 73.6 Å². The summed E-state index contributed by atoms with van der Waals surface area (Å²) in [4.78, 5) is 11.2. The van der Waals surface area contributed by atoms with Gasteiger partial charge in [0.2, 0.25) is 0 Å². The van der Waals surface area contributed by atoms with Crippen LogP contribution in [0.15, 0.2) is 24.3 Å². The van der Waals surface area contributed by atoms with Crippen molar-refractivity contribution in [1.29, 1.82) is 0 Å². The van der Waals surface area contributed by atoms with Crippen LogP contribution in [0.2, 0.25) is 0 Å². The Morgan fingerprint density at radius 3 is 2.50 bits per heavy atom. The van der Waals surface area contributed by atoms with Crippen LogP contribution in [-0.2, 0) is 4.79 Å². The summed E-state index contributed by atoms with van der Waals surface area (Å²) in [5.74, 6) is 1.20. The first kappa shape index (κ1) is 12.3. The number of carbonyl (C=O) groups is 1. The van der Waals surface area contributed by atoms with Crippen molar-refractivity contribution in [3.05, 3.63) is 24.3 Å². The van der Waals surface area contributed by atoms with E-state index in [2.05, 4.69) is 5.32 Å². The summed E-state index contributed by atoms with van der Waals surface area (Å²) in [5.41, 5.74) is 5.25. The van der Waals surface area contributed by atoms with E-state index in [0.717, 1.165) is 5.75 Å². The van der Waals surface area contributed by atoms with E-state index in [1.807, 2.05) is 0 Å². The third kappa shape index (κ3) is 4.18. The number of nitrogens with one attached hydrogen (secondary N) is 1. The molecule has 0 aliphatic heterocycles. The maximum atomic E-state index is 11.2. The lowest BCUT2D eigenvalue weighted by atomic mass is 10.3. The first-order chi connectivity index (χ1) is 7.76. The molecule has 0 unspecified atom stereocenters. The summed E-state index contributed by atoms with van der Waals surface area (Å²) >= 11 is 0. The van der Waals surface area contributed by atoms with Crippen LogP contribution in [0.1, 0.15) is 0 Å². The zero-order valence-electron chi connectivity index (χ0n) is 9.23. The van der Waals surface area contributed by atoms with Gasteiger partial charge >= 0.3 is 0 Å². The molecule has 0 bridgehead atoms. The highest BCUT2D eigenvalue weighted by Crippen LogP contribution is 2.16. The second-order valence-corrected chi connectivity index (χ2v) is 3.10. The Morgan fingerprint density at radius 2 is 1.94 bits per heavy atom. The fourth-order valence-corrected chi connectivity index (χ4v) is 1.08. The lowest BCUT2D eigenvalue weighted by Gasteiger charge is -2.07. The first-order valence-electron chi connectivity index (χ1n) is 5.00. The van der Waals surface area contributed by atoms with Crippen LogP contribution in [0.4, 0.5) is 0 Å². The lowest BCUT2D eigenvalue weighted by molar-refractivity contribution is -0.123. The second-order valence-electron chi connectivity index (χ2n) is 3.10. The molecule has 5 nitrogen and oxygen atoms in total. The molecule has 0 saturated heterocycles. The quantitative estimate of drug-likeness (QED) is 0.721. The Bertz CT molecular complexity index is 325. The van der Waals surface area contributed by atoms with Gasteiger partial charge in [-0.15, -0.1) is 0 Å². The van der Waals surface area contributed by atoms with Crippen LogP contribution in [-0.4, -0.2) is 32.7 Å². The number of hydrogen-bond acceptors (Lipinski definition) is 4. The molecule has 0 aliphatic rings. The zero-order valence-corrected chi connectivity index (χ0v) is 9.23. The number of rotatable bonds is 6. The molecule has 1 amide bonds. The van der Waals surface area contributed by atoms with Gasteiger partial charge < -0.3 is 20.5 Å². The van der Waals surface area contributed by atoms with Crippen LogP contribution >= 0.6 is 0 Å². The smallest absolute Gasteiger partial charge is 0.257 e. The van der Waals surface area contributed by atoms with E-state index in [-0.39, 0.29) is 12.5 Å². The molecule has 0 spiro atoms. The van der Waals surface area contributed by atoms with Gasteiger partial charge in [-0.2, -0.15) is 0 Å². The molecule has 0 fully saturated rings. The standard InChI is InChI=1S/C11H16N2O3/c1-15-9-2-4-10(5-3-9)16-8-11(14)13-7-6-12/h2-5H,6-8,12H2,1H3,(H,13,14). The molecule has 1 aromatic carbocycles. The minimum atomic E-state index is -0.179. The monoisotopic (exact) mass is 224 g/mol. The predicted molar refractivity (Wildman–Crippen MR) is 60.6 cm³/mol. The Labute approximate surface area is 94.5 Å². The highest BCUT2D eigenvalue weighted by atomic mass is 16.5. The van der Waals surface area contributed by atoms with E-state index >= 15 is 0 Å². The number of nitrogens with two attached hydrogens (primary N) is 1. The fourth-order valence-electron chi connectivity index (χ4n) is 1.08. The van der Waals surface area contributed by atoms with Crippen LogP contribution in [0.3, 0.4) is 0 Å². The summed E-state index contributed by atoms with van der Waals surface area (Å²) in [6.45, 7) is 0.880. The highest BCUT2D eigenvalue weighted by Gasteiger charge is 2.01. The number of amides is 1. The number of carbonyl (C=O) groups excluding carboxylic acids is 1. The van der Waals surface area contributed by atoms with Crippen molar-refractivity contribution in [2.45, 2.75) is 0 Å². The van der Waals surface area contributed by atoms with Gasteiger partial charge in [-0.3, -0.25) is 4.79 Å². The summed E-state index contributed by atoms with van der Waals surface area (Å²) in [6, 6.07) is 7.03. The van der Waals surface area contributed by atoms with Crippen molar-refractivity contribution in [2.75, 3.05) is 26.8 Å². The van der Waals surface area contributed by atoms with Crippen molar-refractivity contribution in [2.24, 2.45) is 5.73 Å². The third-order valence-electron chi connectivity index (χ3n) is 1.90. The molecule has 0 aromatic heterocycles. The normalized spacial score (nSPS) is 9.62. The largest absolute Gasteiger partial charge is 0.497 e. The molecule has 3 N–H and O–H groups in total. The van der Waals surface area contributed by atoms with E-state index in [1.54, 1.807) is 31.4 Å². The van der Waals surface area contributed by atoms with E-state index < -0.39 is 0 Å². The average Bonchev–Trinajstić information content (AvgIpc) is 2.34. The van der Waals surface area contributed by atoms with Crippen LogP contribution in [0, 0.1) is 0 Å². The van der Waals surface area contributed by atoms with Gasteiger partial charge in [0.1, 0.15) is 11.5 Å². The van der Waals surface area contributed by atoms with Crippen LogP contribution in [0.5, 0.6) is 11.5 Å². The minimum absolute atomic E-state index is 0.00761. The van der Waals surface area contributed by atoms with Gasteiger partial charge in [-0.25, -0.2) is 0 Å². The molecule has 1 rings (SSSR count). The van der Waals surface area contributed by atoms with Gasteiger partial charge in [-0.1, -0.05) is 0 Å². The molecular weight excluding hydrogens is 208 g/mol. The van der Waals surface area contributed by atoms with E-state index in [9.17, 15) is 4.79 Å². The molecule has 88 valence electrons. The predicted octanol–water partition coefficient (Wildman–Crippen LogP) is 0.149. The zero-order chi connectivity index (χ0) is 11.8. The van der Waals surface area contributed by atoms with Gasteiger partial charge in [0.05, 0.1) is 7.11 Å². The lowest BCUT2D eigenvalue weighted by Crippen LogP contribution is -2.32. The fraction of sp³-hybridized carbons (Fsp3) is 0.364. The summed E-state index contributed by atoms with van der Waals surface area (Å²) < 4.78 is 10.3. The number of methoxy groups -OCH3 is 1. The van der Waals surface area contributed by atoms with Crippen molar-refractivity contribution in [1.82, 2.24) is 5.32 Å². The number of hydrogen-bond donors (Lipinski definition) is 2. The Morgan fingerprint density at radius 1 is 1.31 bits per heavy atom. The Hall–Kier alpha value is -1.75. The van der Waals surface area contributed by atoms with Crippen molar-refractivity contribution in [3.63, 3.8) is 0 Å². The van der Waals surface area contributed by atoms with E-state index in [1.165, 1.54) is 0 Å². The maximum absolute atomic E-state index is 11.2. The molecule has 0 atom stereocenters. The molecule has 5 heteroatoms. The number of ether oxygens (including phenoxy) is 2. The van der Waals surface area contributed by atoms with E-state index in [4.69, 9.17) is 15.2 Å². The molecule has 0 radical (unpaired) electrons. The van der Waals surface area contributed by atoms with Crippen LogP contribution < -0.4 is 20.5 Å². The highest BCUT2D eigenvalue weighted by molar-refractivity contribution is 5.77. The molecule has 0 saturated carbocycles. The Balaban J connectivity index is 2.33. The van der Waals surface area contributed by atoms with E-state index in [0.29, 0.717) is 18.8 Å². The van der Waals surface area contributed by atoms with Gasteiger partial charge in [0.15, 0.2) is 6.61 Å². The minimum Gasteiger partial charge on any atom is -0.497 e. The van der Waals surface area contributed by atoms with Gasteiger partial charge in [0, 0.05) is 13.1 Å². The Kier molecular flexibility index (Phi) is 5.15. The molecule has 0 aliphatic carbocycles. The summed E-state index contributed by atoms with van der Waals surface area (Å²) in [5, 5.41) is 2.61. The van der Waals surface area contributed by atoms with Gasteiger partial charge in [-0.05, 0) is 24.3 Å². The molecule has 0 heterocycles. The van der Waals surface area contributed by atoms with Gasteiger partial charge in [0.25, 0.3) is 5.91 Å². The first-order valence-corrected chi connectivity index (χ1v) is 5.00. The molecule has 1 aromatic rings. The van der Waals surface area contributed by atoms with Crippen molar-refractivity contribution in [3.8, 4) is 11.5 Å². The third-order valence-corrected chi connectivity index (χ3v) is 1.90. The SMILES string of the molecule is COc1ccc(OCC(=O)NCCN)cc1. The van der Waals surface area contributed by atoms with Crippen LogP contribution in [0.25, 0.3) is 0 Å².